The van der Waals surface area contributed by atoms with Crippen LogP contribution in [0.3, 0.4) is 0 Å². The third-order valence-electron chi connectivity index (χ3n) is 4.51. The fourth-order valence-electron chi connectivity index (χ4n) is 3.24. The van der Waals surface area contributed by atoms with E-state index in [1.54, 1.807) is 12.3 Å². The number of nitrogens with zero attached hydrogens (tertiary/aromatic N) is 3. The van der Waals surface area contributed by atoms with E-state index in [1.165, 1.54) is 11.3 Å². The molecule has 130 valence electrons. The first kappa shape index (κ1) is 16.3. The standard InChI is InChI=1S/C21H20N4O/c26-21(23-15-17-9-3-4-13-22-17)18-10-5-12-20(24-18)25-14-6-8-16-7-1-2-11-19(16)25/h1-5,7,9-13H,6,8,14-15H2,(H,23,26). The van der Waals surface area contributed by atoms with Gasteiger partial charge in [0.05, 0.1) is 12.2 Å². The molecule has 1 aromatic carbocycles. The van der Waals surface area contributed by atoms with Gasteiger partial charge < -0.3 is 10.2 Å². The lowest BCUT2D eigenvalue weighted by atomic mass is 10.0. The number of carbonyl (C=O) groups is 1. The highest BCUT2D eigenvalue weighted by Crippen LogP contribution is 2.32. The molecule has 1 amide bonds. The summed E-state index contributed by atoms with van der Waals surface area (Å²) in [7, 11) is 0. The number of hydrogen-bond acceptors (Lipinski definition) is 4. The van der Waals surface area contributed by atoms with Crippen LogP contribution in [0.1, 0.15) is 28.2 Å². The molecule has 0 aliphatic carbocycles. The van der Waals surface area contributed by atoms with Crippen LogP contribution in [0.2, 0.25) is 0 Å². The average molecular weight is 344 g/mol. The molecule has 26 heavy (non-hydrogen) atoms. The Balaban J connectivity index is 1.53. The number of aryl methyl sites for hydroxylation is 1. The van der Waals surface area contributed by atoms with Crippen LogP contribution < -0.4 is 10.2 Å². The van der Waals surface area contributed by atoms with Crippen molar-refractivity contribution in [3.63, 3.8) is 0 Å². The molecule has 0 atom stereocenters. The van der Waals surface area contributed by atoms with Gasteiger partial charge in [-0.2, -0.15) is 0 Å². The van der Waals surface area contributed by atoms with E-state index >= 15 is 0 Å². The van der Waals surface area contributed by atoms with E-state index in [-0.39, 0.29) is 5.91 Å². The summed E-state index contributed by atoms with van der Waals surface area (Å²) < 4.78 is 0. The van der Waals surface area contributed by atoms with E-state index in [1.807, 2.05) is 36.4 Å². The Labute approximate surface area is 152 Å². The zero-order valence-corrected chi connectivity index (χ0v) is 14.4. The molecule has 0 saturated carbocycles. The summed E-state index contributed by atoms with van der Waals surface area (Å²) in [4.78, 5) is 23.5. The van der Waals surface area contributed by atoms with Crippen LogP contribution in [0, 0.1) is 0 Å². The molecule has 5 nitrogen and oxygen atoms in total. The second-order valence-electron chi connectivity index (χ2n) is 6.27. The lowest BCUT2D eigenvalue weighted by molar-refractivity contribution is 0.0945. The third-order valence-corrected chi connectivity index (χ3v) is 4.51. The maximum absolute atomic E-state index is 12.5. The highest BCUT2D eigenvalue weighted by molar-refractivity contribution is 5.92. The number of para-hydroxylation sites is 1. The van der Waals surface area contributed by atoms with Crippen molar-refractivity contribution in [3.05, 3.63) is 83.8 Å². The Morgan fingerprint density at radius 3 is 2.81 bits per heavy atom. The van der Waals surface area contributed by atoms with Gasteiger partial charge in [0.2, 0.25) is 0 Å². The Kier molecular flexibility index (Phi) is 4.60. The summed E-state index contributed by atoms with van der Waals surface area (Å²) in [5.41, 5.74) is 3.74. The molecule has 3 aromatic rings. The van der Waals surface area contributed by atoms with Crippen LogP contribution in [0.4, 0.5) is 11.5 Å². The molecule has 0 spiro atoms. The molecule has 0 saturated heterocycles. The van der Waals surface area contributed by atoms with Crippen molar-refractivity contribution in [3.8, 4) is 0 Å². The molecule has 0 fully saturated rings. The minimum absolute atomic E-state index is 0.192. The first-order valence-corrected chi connectivity index (χ1v) is 8.82. The van der Waals surface area contributed by atoms with E-state index in [4.69, 9.17) is 0 Å². The summed E-state index contributed by atoms with van der Waals surface area (Å²) in [5, 5.41) is 2.88. The fourth-order valence-corrected chi connectivity index (χ4v) is 3.24. The number of aromatic nitrogens is 2. The molecular formula is C21H20N4O. The summed E-state index contributed by atoms with van der Waals surface area (Å²) in [6.07, 6.45) is 3.87. The highest BCUT2D eigenvalue weighted by Gasteiger charge is 2.19. The van der Waals surface area contributed by atoms with Crippen molar-refractivity contribution in [2.75, 3.05) is 11.4 Å². The van der Waals surface area contributed by atoms with E-state index in [2.05, 4.69) is 38.4 Å². The van der Waals surface area contributed by atoms with Crippen molar-refractivity contribution in [1.82, 2.24) is 15.3 Å². The number of fused-ring (bicyclic) bond motifs is 1. The summed E-state index contributed by atoms with van der Waals surface area (Å²) >= 11 is 0. The Bertz CT molecular complexity index is 911. The smallest absolute Gasteiger partial charge is 0.270 e. The molecule has 2 aromatic heterocycles. The minimum Gasteiger partial charge on any atom is -0.345 e. The molecule has 0 bridgehead atoms. The number of benzene rings is 1. The van der Waals surface area contributed by atoms with Crippen LogP contribution in [0.25, 0.3) is 0 Å². The predicted octanol–water partition coefficient (Wildman–Crippen LogP) is 3.49. The normalized spacial score (nSPS) is 13.2. The van der Waals surface area contributed by atoms with Crippen LogP contribution >= 0.6 is 0 Å². The maximum Gasteiger partial charge on any atom is 0.270 e. The minimum atomic E-state index is -0.192. The quantitative estimate of drug-likeness (QED) is 0.787. The molecule has 1 aliphatic rings. The van der Waals surface area contributed by atoms with Gasteiger partial charge in [0.15, 0.2) is 0 Å². The summed E-state index contributed by atoms with van der Waals surface area (Å²) in [6, 6.07) is 19.6. The number of rotatable bonds is 4. The zero-order valence-electron chi connectivity index (χ0n) is 14.4. The van der Waals surface area contributed by atoms with Gasteiger partial charge in [0.1, 0.15) is 11.5 Å². The van der Waals surface area contributed by atoms with Crippen molar-refractivity contribution < 1.29 is 4.79 Å². The molecule has 1 N–H and O–H groups in total. The molecule has 3 heterocycles. The number of carbonyl (C=O) groups excluding carboxylic acids is 1. The number of nitrogens with one attached hydrogen (secondary N) is 1. The van der Waals surface area contributed by atoms with Gasteiger partial charge in [-0.15, -0.1) is 0 Å². The SMILES string of the molecule is O=C(NCc1ccccn1)c1cccc(N2CCCc3ccccc32)n1. The molecular weight excluding hydrogens is 324 g/mol. The topological polar surface area (TPSA) is 58.1 Å². The molecule has 4 rings (SSSR count). The Hall–Kier alpha value is -3.21. The number of hydrogen-bond donors (Lipinski definition) is 1. The van der Waals surface area contributed by atoms with Crippen molar-refractivity contribution >= 4 is 17.4 Å². The van der Waals surface area contributed by atoms with Crippen LogP contribution in [-0.2, 0) is 13.0 Å². The zero-order chi connectivity index (χ0) is 17.8. The van der Waals surface area contributed by atoms with E-state index in [9.17, 15) is 4.79 Å². The van der Waals surface area contributed by atoms with E-state index in [0.717, 1.165) is 30.9 Å². The summed E-state index contributed by atoms with van der Waals surface area (Å²) in [6.45, 7) is 1.29. The van der Waals surface area contributed by atoms with Gasteiger partial charge in [-0.3, -0.25) is 9.78 Å². The average Bonchev–Trinajstić information content (AvgIpc) is 2.72. The lowest BCUT2D eigenvalue weighted by Crippen LogP contribution is -2.27. The van der Waals surface area contributed by atoms with Crippen molar-refractivity contribution in [2.45, 2.75) is 19.4 Å². The van der Waals surface area contributed by atoms with E-state index in [0.29, 0.717) is 12.2 Å². The lowest BCUT2D eigenvalue weighted by Gasteiger charge is -2.30. The van der Waals surface area contributed by atoms with Gasteiger partial charge in [-0.1, -0.05) is 30.3 Å². The maximum atomic E-state index is 12.5. The number of anilines is 2. The van der Waals surface area contributed by atoms with E-state index < -0.39 is 0 Å². The molecule has 0 unspecified atom stereocenters. The second kappa shape index (κ2) is 7.35. The first-order chi connectivity index (χ1) is 12.8. The van der Waals surface area contributed by atoms with Gasteiger partial charge in [-0.05, 0) is 48.7 Å². The van der Waals surface area contributed by atoms with Gasteiger partial charge in [-0.25, -0.2) is 4.98 Å². The van der Waals surface area contributed by atoms with Crippen molar-refractivity contribution in [1.29, 1.82) is 0 Å². The van der Waals surface area contributed by atoms with Gasteiger partial charge in [0.25, 0.3) is 5.91 Å². The molecule has 1 aliphatic heterocycles. The third kappa shape index (κ3) is 3.42. The monoisotopic (exact) mass is 344 g/mol. The van der Waals surface area contributed by atoms with Crippen LogP contribution in [0.15, 0.2) is 66.9 Å². The Morgan fingerprint density at radius 1 is 1.04 bits per heavy atom. The Morgan fingerprint density at radius 2 is 1.92 bits per heavy atom. The highest BCUT2D eigenvalue weighted by atomic mass is 16.1. The van der Waals surface area contributed by atoms with Crippen LogP contribution in [0.5, 0.6) is 0 Å². The molecule has 0 radical (unpaired) electrons. The summed E-state index contributed by atoms with van der Waals surface area (Å²) in [5.74, 6) is 0.616. The van der Waals surface area contributed by atoms with Crippen LogP contribution in [-0.4, -0.2) is 22.4 Å². The second-order valence-corrected chi connectivity index (χ2v) is 6.27. The number of amides is 1. The number of pyridine rings is 2. The van der Waals surface area contributed by atoms with Crippen molar-refractivity contribution in [2.24, 2.45) is 0 Å². The largest absolute Gasteiger partial charge is 0.345 e. The predicted molar refractivity (Wildman–Crippen MR) is 101 cm³/mol. The van der Waals surface area contributed by atoms with Gasteiger partial charge >= 0.3 is 0 Å². The molecule has 5 heteroatoms. The van der Waals surface area contributed by atoms with Gasteiger partial charge in [0, 0.05) is 18.4 Å². The fraction of sp³-hybridized carbons (Fsp3) is 0.190. The first-order valence-electron chi connectivity index (χ1n) is 8.82.